The van der Waals surface area contributed by atoms with Crippen LogP contribution in [0.5, 0.6) is 11.5 Å². The summed E-state index contributed by atoms with van der Waals surface area (Å²) in [6.45, 7) is 0.181. The molecule has 0 saturated carbocycles. The number of alkyl halides is 2. The Hall–Kier alpha value is -4.28. The molecule has 0 spiro atoms. The van der Waals surface area contributed by atoms with Crippen molar-refractivity contribution in [3.05, 3.63) is 82.2 Å². The Bertz CT molecular complexity index is 1470. The van der Waals surface area contributed by atoms with Gasteiger partial charge in [0.1, 0.15) is 11.9 Å². The van der Waals surface area contributed by atoms with Crippen LogP contribution >= 0.6 is 0 Å². The molecule has 0 saturated heterocycles. The van der Waals surface area contributed by atoms with E-state index in [-0.39, 0.29) is 29.5 Å². The lowest BCUT2D eigenvalue weighted by molar-refractivity contribution is -0.147. The molecular weight excluding hydrogens is 510 g/mol. The molecule has 2 atom stereocenters. The molecule has 0 bridgehead atoms. The van der Waals surface area contributed by atoms with Crippen LogP contribution in [0, 0.1) is 0 Å². The van der Waals surface area contributed by atoms with Crippen molar-refractivity contribution in [2.75, 3.05) is 7.11 Å². The summed E-state index contributed by atoms with van der Waals surface area (Å²) < 4.78 is 42.3. The molecular formula is C28H30F2N4O5. The molecule has 39 heavy (non-hydrogen) atoms. The SMILES string of the molecule is COc1cc(Cc2nc3c(ncn3C(CCCc3ccccc3)C(C)OC(C)=O)c(=O)[nH]2)ccc1OC(F)F. The molecule has 4 rings (SSSR count). The van der Waals surface area contributed by atoms with Gasteiger partial charge in [-0.25, -0.2) is 9.97 Å². The number of benzene rings is 2. The molecule has 2 unspecified atom stereocenters. The van der Waals surface area contributed by atoms with Crippen molar-refractivity contribution in [1.29, 1.82) is 0 Å². The molecule has 2 aromatic heterocycles. The molecule has 11 heteroatoms. The third kappa shape index (κ3) is 6.98. The van der Waals surface area contributed by atoms with Gasteiger partial charge in [-0.15, -0.1) is 0 Å². The fourth-order valence-electron chi connectivity index (χ4n) is 4.61. The second-order valence-electron chi connectivity index (χ2n) is 9.14. The molecule has 2 aromatic carbocycles. The Morgan fingerprint density at radius 1 is 1.10 bits per heavy atom. The molecule has 206 valence electrons. The van der Waals surface area contributed by atoms with Crippen molar-refractivity contribution in [2.45, 2.75) is 58.3 Å². The number of aryl methyl sites for hydroxylation is 1. The number of H-pyrrole nitrogens is 1. The van der Waals surface area contributed by atoms with E-state index in [0.717, 1.165) is 12.8 Å². The number of fused-ring (bicyclic) bond motifs is 1. The first kappa shape index (κ1) is 27.7. The van der Waals surface area contributed by atoms with Crippen molar-refractivity contribution in [1.82, 2.24) is 19.5 Å². The Kier molecular flexibility index (Phi) is 8.90. The number of carbonyl (C=O) groups is 1. The van der Waals surface area contributed by atoms with E-state index in [2.05, 4.69) is 31.8 Å². The van der Waals surface area contributed by atoms with Gasteiger partial charge in [0, 0.05) is 13.3 Å². The molecule has 2 heterocycles. The molecule has 0 amide bonds. The van der Waals surface area contributed by atoms with Crippen molar-refractivity contribution in [3.8, 4) is 11.5 Å². The van der Waals surface area contributed by atoms with Gasteiger partial charge in [0.25, 0.3) is 5.56 Å². The van der Waals surface area contributed by atoms with Gasteiger partial charge >= 0.3 is 12.6 Å². The minimum absolute atomic E-state index is 0.0935. The van der Waals surface area contributed by atoms with Crippen molar-refractivity contribution in [2.24, 2.45) is 0 Å². The standard InChI is InChI=1S/C28H30F2N4O5/c1-17(38-18(2)35)21(11-7-10-19-8-5-4-6-9-19)34-16-31-25-26(34)32-24(33-27(25)36)15-20-12-13-22(39-28(29)30)23(14-20)37-3/h4-6,8-9,12-14,16-17,21,28H,7,10-11,15H2,1-3H3,(H,32,33,36). The van der Waals surface area contributed by atoms with Crippen LogP contribution < -0.4 is 15.0 Å². The van der Waals surface area contributed by atoms with Gasteiger partial charge < -0.3 is 23.8 Å². The molecule has 0 aliphatic carbocycles. The van der Waals surface area contributed by atoms with E-state index in [9.17, 15) is 18.4 Å². The zero-order valence-electron chi connectivity index (χ0n) is 21.9. The van der Waals surface area contributed by atoms with E-state index in [1.165, 1.54) is 25.7 Å². The molecule has 0 aliphatic heterocycles. The number of halogens is 2. The Labute approximate surface area is 223 Å². The van der Waals surface area contributed by atoms with Crippen LogP contribution in [-0.2, 0) is 22.4 Å². The normalized spacial score (nSPS) is 12.9. The Morgan fingerprint density at radius 2 is 1.87 bits per heavy atom. The van der Waals surface area contributed by atoms with Gasteiger partial charge in [0.05, 0.1) is 19.5 Å². The highest BCUT2D eigenvalue weighted by Crippen LogP contribution is 2.30. The van der Waals surface area contributed by atoms with E-state index < -0.39 is 24.2 Å². The largest absolute Gasteiger partial charge is 0.493 e. The van der Waals surface area contributed by atoms with E-state index in [0.29, 0.717) is 23.5 Å². The number of nitrogens with one attached hydrogen (secondary N) is 1. The first-order chi connectivity index (χ1) is 18.7. The quantitative estimate of drug-likeness (QED) is 0.256. The Morgan fingerprint density at radius 3 is 2.56 bits per heavy atom. The van der Waals surface area contributed by atoms with Crippen molar-refractivity contribution >= 4 is 17.1 Å². The molecule has 0 fully saturated rings. The summed E-state index contributed by atoms with van der Waals surface area (Å²) >= 11 is 0. The van der Waals surface area contributed by atoms with Gasteiger partial charge in [-0.05, 0) is 49.4 Å². The van der Waals surface area contributed by atoms with Crippen LogP contribution in [0.2, 0.25) is 0 Å². The number of rotatable bonds is 12. The van der Waals surface area contributed by atoms with E-state index in [1.807, 2.05) is 25.1 Å². The van der Waals surface area contributed by atoms with Gasteiger partial charge in [-0.3, -0.25) is 9.59 Å². The number of ether oxygens (including phenoxy) is 3. The van der Waals surface area contributed by atoms with Crippen molar-refractivity contribution < 1.29 is 27.8 Å². The number of methoxy groups -OCH3 is 1. The number of hydrogen-bond donors (Lipinski definition) is 1. The maximum Gasteiger partial charge on any atom is 0.387 e. The van der Waals surface area contributed by atoms with Crippen LogP contribution in [0.4, 0.5) is 8.78 Å². The number of aromatic amines is 1. The Balaban J connectivity index is 1.63. The monoisotopic (exact) mass is 540 g/mol. The molecule has 9 nitrogen and oxygen atoms in total. The smallest absolute Gasteiger partial charge is 0.387 e. The second-order valence-corrected chi connectivity index (χ2v) is 9.14. The lowest BCUT2D eigenvalue weighted by Crippen LogP contribution is -2.26. The predicted molar refractivity (Wildman–Crippen MR) is 140 cm³/mol. The van der Waals surface area contributed by atoms with Gasteiger partial charge in [0.2, 0.25) is 0 Å². The lowest BCUT2D eigenvalue weighted by Gasteiger charge is -2.25. The summed E-state index contributed by atoms with van der Waals surface area (Å²) in [6.07, 6.45) is 3.54. The highest BCUT2D eigenvalue weighted by molar-refractivity contribution is 5.70. The lowest BCUT2D eigenvalue weighted by atomic mass is 10.0. The van der Waals surface area contributed by atoms with Crippen LogP contribution in [-0.4, -0.2) is 45.3 Å². The third-order valence-electron chi connectivity index (χ3n) is 6.36. The summed E-state index contributed by atoms with van der Waals surface area (Å²) in [5.41, 5.74) is 1.97. The molecule has 0 aliphatic rings. The zero-order chi connectivity index (χ0) is 27.9. The molecule has 4 aromatic rings. The summed E-state index contributed by atoms with van der Waals surface area (Å²) in [5, 5.41) is 0. The van der Waals surface area contributed by atoms with Gasteiger partial charge in [-0.2, -0.15) is 8.78 Å². The maximum atomic E-state index is 12.9. The number of aromatic nitrogens is 4. The summed E-state index contributed by atoms with van der Waals surface area (Å²) in [7, 11) is 1.35. The van der Waals surface area contributed by atoms with E-state index >= 15 is 0 Å². The highest BCUT2D eigenvalue weighted by atomic mass is 19.3. The van der Waals surface area contributed by atoms with E-state index in [1.54, 1.807) is 23.0 Å². The van der Waals surface area contributed by atoms with Gasteiger partial charge in [0.15, 0.2) is 22.7 Å². The number of esters is 1. The first-order valence-corrected chi connectivity index (χ1v) is 12.5. The number of hydrogen-bond acceptors (Lipinski definition) is 7. The average molecular weight is 541 g/mol. The van der Waals surface area contributed by atoms with Crippen molar-refractivity contribution in [3.63, 3.8) is 0 Å². The van der Waals surface area contributed by atoms with Crippen LogP contribution in [0.1, 0.15) is 49.7 Å². The minimum atomic E-state index is -2.99. The fraction of sp³-hybridized carbons (Fsp3) is 0.357. The predicted octanol–water partition coefficient (Wildman–Crippen LogP) is 4.84. The van der Waals surface area contributed by atoms with Crippen LogP contribution in [0.15, 0.2) is 59.7 Å². The summed E-state index contributed by atoms with van der Waals surface area (Å²) in [4.78, 5) is 36.4. The minimum Gasteiger partial charge on any atom is -0.493 e. The number of nitrogens with zero attached hydrogens (tertiary/aromatic N) is 3. The third-order valence-corrected chi connectivity index (χ3v) is 6.36. The summed E-state index contributed by atoms with van der Waals surface area (Å²) in [5.74, 6) is -0.0133. The average Bonchev–Trinajstić information content (AvgIpc) is 3.31. The number of imidazole rings is 1. The van der Waals surface area contributed by atoms with E-state index in [4.69, 9.17) is 9.47 Å². The first-order valence-electron chi connectivity index (χ1n) is 12.5. The molecule has 1 N–H and O–H groups in total. The molecule has 0 radical (unpaired) electrons. The fourth-order valence-corrected chi connectivity index (χ4v) is 4.61. The second kappa shape index (κ2) is 12.5. The zero-order valence-corrected chi connectivity index (χ0v) is 21.9. The topological polar surface area (TPSA) is 108 Å². The van der Waals surface area contributed by atoms with Crippen LogP contribution in [0.25, 0.3) is 11.2 Å². The highest BCUT2D eigenvalue weighted by Gasteiger charge is 2.25. The van der Waals surface area contributed by atoms with Crippen LogP contribution in [0.3, 0.4) is 0 Å². The number of carbonyl (C=O) groups excluding carboxylic acids is 1. The summed E-state index contributed by atoms with van der Waals surface area (Å²) in [6, 6.07) is 14.3. The van der Waals surface area contributed by atoms with Gasteiger partial charge in [-0.1, -0.05) is 36.4 Å². The maximum absolute atomic E-state index is 12.9.